The Morgan fingerprint density at radius 2 is 1.88 bits per heavy atom. The molecule has 2 aromatic rings. The highest BCUT2D eigenvalue weighted by Crippen LogP contribution is 2.35. The van der Waals surface area contributed by atoms with Crippen LogP contribution in [0.25, 0.3) is 5.69 Å². The quantitative estimate of drug-likeness (QED) is 0.857. The van der Waals surface area contributed by atoms with Gasteiger partial charge in [0.15, 0.2) is 5.69 Å². The van der Waals surface area contributed by atoms with Crippen molar-refractivity contribution in [3.05, 3.63) is 41.2 Å². The van der Waals surface area contributed by atoms with E-state index >= 15 is 0 Å². The van der Waals surface area contributed by atoms with E-state index in [1.54, 1.807) is 12.1 Å². The van der Waals surface area contributed by atoms with Crippen molar-refractivity contribution in [3.8, 4) is 5.69 Å². The molecule has 0 saturated heterocycles. The Balaban J connectivity index is 2.66. The molecular weight excluding hydrogens is 255 g/mol. The summed E-state index contributed by atoms with van der Waals surface area (Å²) in [5.41, 5.74) is 3.95. The Bertz CT molecular complexity index is 548. The number of rotatable bonds is 1. The first-order chi connectivity index (χ1) is 7.91. The van der Waals surface area contributed by atoms with E-state index in [1.165, 1.54) is 12.1 Å². The van der Waals surface area contributed by atoms with Crippen LogP contribution < -0.4 is 5.73 Å². The number of anilines is 1. The van der Waals surface area contributed by atoms with Crippen LogP contribution >= 0.6 is 11.6 Å². The van der Waals surface area contributed by atoms with E-state index in [0.717, 1.165) is 6.20 Å². The zero-order valence-electron chi connectivity index (χ0n) is 8.37. The fraction of sp³-hybridized carbons (Fsp3) is 0.100. The molecule has 0 aliphatic heterocycles. The van der Waals surface area contributed by atoms with E-state index in [0.29, 0.717) is 4.68 Å². The Labute approximate surface area is 99.6 Å². The molecule has 90 valence electrons. The molecule has 0 unspecified atom stereocenters. The van der Waals surface area contributed by atoms with E-state index in [-0.39, 0.29) is 10.7 Å². The minimum Gasteiger partial charge on any atom is -0.396 e. The smallest absolute Gasteiger partial charge is 0.396 e. The van der Waals surface area contributed by atoms with Gasteiger partial charge in [0.2, 0.25) is 0 Å². The fourth-order valence-electron chi connectivity index (χ4n) is 1.45. The Morgan fingerprint density at radius 1 is 1.24 bits per heavy atom. The van der Waals surface area contributed by atoms with Gasteiger partial charge in [0.1, 0.15) is 0 Å². The molecule has 0 fully saturated rings. The summed E-state index contributed by atoms with van der Waals surface area (Å²) in [5.74, 6) is 0. The largest absolute Gasteiger partial charge is 0.435 e. The van der Waals surface area contributed by atoms with E-state index in [1.807, 2.05) is 0 Å². The van der Waals surface area contributed by atoms with Crippen LogP contribution in [0.2, 0.25) is 5.02 Å². The highest BCUT2D eigenvalue weighted by atomic mass is 35.5. The second-order valence-corrected chi connectivity index (χ2v) is 3.72. The number of nitrogens with two attached hydrogens (primary N) is 1. The Morgan fingerprint density at radius 3 is 2.47 bits per heavy atom. The number of hydrogen-bond donors (Lipinski definition) is 1. The summed E-state index contributed by atoms with van der Waals surface area (Å²) in [5, 5.41) is 3.77. The summed E-state index contributed by atoms with van der Waals surface area (Å²) in [7, 11) is 0. The van der Waals surface area contributed by atoms with Crippen molar-refractivity contribution in [1.29, 1.82) is 0 Å². The van der Waals surface area contributed by atoms with Crippen LogP contribution in [-0.2, 0) is 6.18 Å². The molecule has 0 amide bonds. The fourth-order valence-corrected chi connectivity index (χ4v) is 1.67. The average molecular weight is 262 g/mol. The SMILES string of the molecule is Nc1cnn(-c2ccccc2Cl)c1C(F)(F)F. The van der Waals surface area contributed by atoms with Crippen molar-refractivity contribution in [2.75, 3.05) is 5.73 Å². The van der Waals surface area contributed by atoms with Gasteiger partial charge in [-0.05, 0) is 12.1 Å². The molecule has 0 aliphatic rings. The van der Waals surface area contributed by atoms with Gasteiger partial charge in [-0.1, -0.05) is 23.7 Å². The zero-order chi connectivity index (χ0) is 12.6. The van der Waals surface area contributed by atoms with E-state index in [2.05, 4.69) is 5.10 Å². The molecule has 0 radical (unpaired) electrons. The third kappa shape index (κ3) is 2.08. The Hall–Kier alpha value is -1.69. The lowest BCUT2D eigenvalue weighted by Crippen LogP contribution is -2.15. The summed E-state index contributed by atoms with van der Waals surface area (Å²) in [4.78, 5) is 0. The first-order valence-corrected chi connectivity index (χ1v) is 4.94. The number of nitrogens with zero attached hydrogens (tertiary/aromatic N) is 2. The number of para-hydroxylation sites is 1. The van der Waals surface area contributed by atoms with Crippen molar-refractivity contribution in [1.82, 2.24) is 9.78 Å². The lowest BCUT2D eigenvalue weighted by atomic mass is 10.3. The monoisotopic (exact) mass is 261 g/mol. The predicted molar refractivity (Wildman–Crippen MR) is 58.0 cm³/mol. The molecule has 2 rings (SSSR count). The van der Waals surface area contributed by atoms with Crippen molar-refractivity contribution in [3.63, 3.8) is 0 Å². The van der Waals surface area contributed by atoms with Gasteiger partial charge in [-0.15, -0.1) is 0 Å². The van der Waals surface area contributed by atoms with Crippen molar-refractivity contribution < 1.29 is 13.2 Å². The minimum absolute atomic E-state index is 0.137. The second kappa shape index (κ2) is 3.96. The second-order valence-electron chi connectivity index (χ2n) is 3.31. The van der Waals surface area contributed by atoms with E-state index < -0.39 is 17.6 Å². The maximum atomic E-state index is 12.8. The summed E-state index contributed by atoms with van der Waals surface area (Å²) in [6.45, 7) is 0. The molecule has 0 spiro atoms. The van der Waals surface area contributed by atoms with Gasteiger partial charge >= 0.3 is 6.18 Å². The third-order valence-electron chi connectivity index (χ3n) is 2.15. The van der Waals surface area contributed by atoms with Crippen molar-refractivity contribution >= 4 is 17.3 Å². The molecule has 17 heavy (non-hydrogen) atoms. The topological polar surface area (TPSA) is 43.8 Å². The molecule has 3 nitrogen and oxygen atoms in total. The van der Waals surface area contributed by atoms with Crippen LogP contribution in [0.15, 0.2) is 30.5 Å². The summed E-state index contributed by atoms with van der Waals surface area (Å²) in [6, 6.07) is 6.10. The number of hydrogen-bond acceptors (Lipinski definition) is 2. The normalized spacial score (nSPS) is 11.8. The number of benzene rings is 1. The van der Waals surface area contributed by atoms with E-state index in [4.69, 9.17) is 17.3 Å². The highest BCUT2D eigenvalue weighted by molar-refractivity contribution is 6.32. The average Bonchev–Trinajstić information content (AvgIpc) is 2.60. The lowest BCUT2D eigenvalue weighted by Gasteiger charge is -2.12. The zero-order valence-corrected chi connectivity index (χ0v) is 9.13. The van der Waals surface area contributed by atoms with Gasteiger partial charge in [0, 0.05) is 0 Å². The summed E-state index contributed by atoms with van der Waals surface area (Å²) >= 11 is 5.82. The van der Waals surface area contributed by atoms with Crippen LogP contribution in [0.5, 0.6) is 0 Å². The van der Waals surface area contributed by atoms with Crippen LogP contribution in [0.3, 0.4) is 0 Å². The standard InChI is InChI=1S/C10H7ClF3N3/c11-6-3-1-2-4-8(6)17-9(10(12,13)14)7(15)5-16-17/h1-5H,15H2. The summed E-state index contributed by atoms with van der Waals surface area (Å²) in [6.07, 6.45) is -3.63. The first kappa shape index (κ1) is 11.8. The molecule has 0 aliphatic carbocycles. The molecule has 1 heterocycles. The molecule has 0 atom stereocenters. The van der Waals surface area contributed by atoms with Gasteiger partial charge in [0.05, 0.1) is 22.6 Å². The van der Waals surface area contributed by atoms with Gasteiger partial charge in [0.25, 0.3) is 0 Å². The maximum absolute atomic E-state index is 12.8. The molecule has 0 bridgehead atoms. The van der Waals surface area contributed by atoms with Gasteiger partial charge < -0.3 is 5.73 Å². The molecule has 1 aromatic carbocycles. The highest BCUT2D eigenvalue weighted by Gasteiger charge is 2.38. The first-order valence-electron chi connectivity index (χ1n) is 4.57. The summed E-state index contributed by atoms with van der Waals surface area (Å²) < 4.78 is 39.0. The van der Waals surface area contributed by atoms with E-state index in [9.17, 15) is 13.2 Å². The maximum Gasteiger partial charge on any atom is 0.435 e. The third-order valence-corrected chi connectivity index (χ3v) is 2.47. The van der Waals surface area contributed by atoms with Crippen LogP contribution in [-0.4, -0.2) is 9.78 Å². The number of halogens is 4. The van der Waals surface area contributed by atoms with Crippen molar-refractivity contribution in [2.45, 2.75) is 6.18 Å². The van der Waals surface area contributed by atoms with Crippen LogP contribution in [0, 0.1) is 0 Å². The molecular formula is C10H7ClF3N3. The number of aromatic nitrogens is 2. The van der Waals surface area contributed by atoms with Gasteiger partial charge in [-0.25, -0.2) is 4.68 Å². The number of alkyl halides is 3. The molecule has 2 N–H and O–H groups in total. The molecule has 0 saturated carbocycles. The molecule has 1 aromatic heterocycles. The minimum atomic E-state index is -4.58. The van der Waals surface area contributed by atoms with Gasteiger partial charge in [-0.2, -0.15) is 18.3 Å². The predicted octanol–water partition coefficient (Wildman–Crippen LogP) is 3.13. The number of nitrogen functional groups attached to an aromatic ring is 1. The van der Waals surface area contributed by atoms with Crippen molar-refractivity contribution in [2.24, 2.45) is 0 Å². The van der Waals surface area contributed by atoms with Crippen LogP contribution in [0.4, 0.5) is 18.9 Å². The van der Waals surface area contributed by atoms with Crippen LogP contribution in [0.1, 0.15) is 5.69 Å². The Kier molecular flexibility index (Phi) is 2.74. The van der Waals surface area contributed by atoms with Gasteiger partial charge in [-0.3, -0.25) is 0 Å². The lowest BCUT2D eigenvalue weighted by molar-refractivity contribution is -0.142. The molecule has 7 heteroatoms.